The van der Waals surface area contributed by atoms with E-state index in [1.165, 1.54) is 5.69 Å². The maximum atomic E-state index is 5.79. The van der Waals surface area contributed by atoms with E-state index >= 15 is 0 Å². The van der Waals surface area contributed by atoms with Crippen LogP contribution in [0.15, 0.2) is 22.7 Å². The predicted molar refractivity (Wildman–Crippen MR) is 78.1 cm³/mol. The van der Waals surface area contributed by atoms with Crippen LogP contribution in [0.4, 0.5) is 0 Å². The molecule has 0 fully saturated rings. The molecule has 0 saturated heterocycles. The molecule has 3 rings (SSSR count). The van der Waals surface area contributed by atoms with Crippen LogP contribution in [0.25, 0.3) is 11.3 Å². The molecular weight excluding hydrogens is 306 g/mol. The van der Waals surface area contributed by atoms with Gasteiger partial charge >= 0.3 is 0 Å². The molecule has 0 radical (unpaired) electrons. The number of benzene rings is 1. The molecule has 0 bridgehead atoms. The Balaban J connectivity index is 2.20. The molecule has 2 N–H and O–H groups in total. The highest BCUT2D eigenvalue weighted by Gasteiger charge is 2.23. The summed E-state index contributed by atoms with van der Waals surface area (Å²) in [5, 5.41) is 0. The number of halogens is 1. The molecule has 1 aliphatic rings. The molecule has 1 aromatic carbocycles. The highest BCUT2D eigenvalue weighted by atomic mass is 79.9. The summed E-state index contributed by atoms with van der Waals surface area (Å²) in [6, 6.07) is 5.99. The molecule has 1 aromatic heterocycles. The number of nitrogens with two attached hydrogens (primary N) is 1. The number of rotatable bonds is 3. The van der Waals surface area contributed by atoms with Crippen LogP contribution in [0.2, 0.25) is 0 Å². The van der Waals surface area contributed by atoms with Gasteiger partial charge in [0.1, 0.15) is 11.6 Å². The Kier molecular flexibility index (Phi) is 3.33. The third-order valence-corrected chi connectivity index (χ3v) is 4.04. The highest BCUT2D eigenvalue weighted by Crippen LogP contribution is 2.36. The minimum atomic E-state index is 0.476. The molecule has 5 heteroatoms. The number of nitrogens with zero attached hydrogens (tertiary/aromatic N) is 2. The molecule has 1 aliphatic heterocycles. The van der Waals surface area contributed by atoms with Gasteiger partial charge < -0.3 is 15.0 Å². The first kappa shape index (κ1) is 12.7. The molecule has 19 heavy (non-hydrogen) atoms. The van der Waals surface area contributed by atoms with E-state index in [9.17, 15) is 0 Å². The van der Waals surface area contributed by atoms with Gasteiger partial charge in [0.2, 0.25) is 0 Å². The Bertz CT molecular complexity index is 621. The molecule has 0 spiro atoms. The molecule has 0 saturated carbocycles. The van der Waals surface area contributed by atoms with Crippen LogP contribution in [-0.4, -0.2) is 16.7 Å². The zero-order chi connectivity index (χ0) is 13.4. The van der Waals surface area contributed by atoms with Crippen molar-refractivity contribution in [2.24, 2.45) is 5.73 Å². The predicted octanol–water partition coefficient (Wildman–Crippen LogP) is 2.73. The first-order chi connectivity index (χ1) is 9.24. The van der Waals surface area contributed by atoms with Crippen molar-refractivity contribution in [1.82, 2.24) is 9.55 Å². The van der Waals surface area contributed by atoms with Gasteiger partial charge in [-0.2, -0.15) is 0 Å². The third-order valence-electron chi connectivity index (χ3n) is 3.55. The van der Waals surface area contributed by atoms with E-state index in [-0.39, 0.29) is 0 Å². The van der Waals surface area contributed by atoms with Crippen molar-refractivity contribution in [3.05, 3.63) is 34.2 Å². The second-order valence-electron chi connectivity index (χ2n) is 4.63. The summed E-state index contributed by atoms with van der Waals surface area (Å²) in [7, 11) is 1.69. The quantitative estimate of drug-likeness (QED) is 0.945. The van der Waals surface area contributed by atoms with Crippen molar-refractivity contribution in [3.63, 3.8) is 0 Å². The van der Waals surface area contributed by atoms with E-state index in [0.29, 0.717) is 6.54 Å². The number of ether oxygens (including phenoxy) is 1. The van der Waals surface area contributed by atoms with Crippen LogP contribution in [0, 0.1) is 0 Å². The third kappa shape index (κ3) is 2.07. The first-order valence-corrected chi connectivity index (χ1v) is 7.16. The van der Waals surface area contributed by atoms with Gasteiger partial charge in [-0.05, 0) is 31.0 Å². The fourth-order valence-corrected chi connectivity index (χ4v) is 3.06. The Hall–Kier alpha value is -1.33. The Morgan fingerprint density at radius 2 is 2.32 bits per heavy atom. The lowest BCUT2D eigenvalue weighted by atomic mass is 10.1. The summed E-state index contributed by atoms with van der Waals surface area (Å²) in [4.78, 5) is 4.71. The van der Waals surface area contributed by atoms with Crippen LogP contribution < -0.4 is 10.5 Å². The Labute approximate surface area is 120 Å². The minimum Gasteiger partial charge on any atom is -0.496 e. The van der Waals surface area contributed by atoms with Crippen molar-refractivity contribution >= 4 is 15.9 Å². The van der Waals surface area contributed by atoms with E-state index in [0.717, 1.165) is 46.7 Å². The number of aromatic nitrogens is 2. The second-order valence-corrected chi connectivity index (χ2v) is 5.54. The van der Waals surface area contributed by atoms with Gasteiger partial charge in [0.05, 0.1) is 19.3 Å². The lowest BCUT2D eigenvalue weighted by Gasteiger charge is -2.08. The van der Waals surface area contributed by atoms with Gasteiger partial charge in [-0.25, -0.2) is 4.98 Å². The van der Waals surface area contributed by atoms with E-state index in [1.54, 1.807) is 7.11 Å². The summed E-state index contributed by atoms with van der Waals surface area (Å²) in [6.07, 6.45) is 2.21. The maximum Gasteiger partial charge on any atom is 0.128 e. The van der Waals surface area contributed by atoms with E-state index < -0.39 is 0 Å². The van der Waals surface area contributed by atoms with Gasteiger partial charge in [-0.1, -0.05) is 15.9 Å². The summed E-state index contributed by atoms with van der Waals surface area (Å²) >= 11 is 3.51. The smallest absolute Gasteiger partial charge is 0.128 e. The number of hydrogen-bond donors (Lipinski definition) is 1. The lowest BCUT2D eigenvalue weighted by molar-refractivity contribution is 0.416. The largest absolute Gasteiger partial charge is 0.496 e. The highest BCUT2D eigenvalue weighted by molar-refractivity contribution is 9.10. The normalized spacial score (nSPS) is 13.6. The van der Waals surface area contributed by atoms with Crippen LogP contribution in [0.3, 0.4) is 0 Å². The van der Waals surface area contributed by atoms with E-state index in [1.807, 2.05) is 12.1 Å². The number of imidazole rings is 1. The minimum absolute atomic E-state index is 0.476. The molecule has 0 aliphatic carbocycles. The molecule has 0 amide bonds. The fourth-order valence-electron chi connectivity index (χ4n) is 2.70. The summed E-state index contributed by atoms with van der Waals surface area (Å²) in [5.74, 6) is 1.81. The average Bonchev–Trinajstić information content (AvgIpc) is 3.00. The van der Waals surface area contributed by atoms with Gasteiger partial charge in [0.25, 0.3) is 0 Å². The maximum absolute atomic E-state index is 5.79. The van der Waals surface area contributed by atoms with Gasteiger partial charge in [-0.15, -0.1) is 0 Å². The van der Waals surface area contributed by atoms with Gasteiger partial charge in [-0.3, -0.25) is 0 Å². The summed E-state index contributed by atoms with van der Waals surface area (Å²) < 4.78 is 8.73. The van der Waals surface area contributed by atoms with Crippen molar-refractivity contribution < 1.29 is 4.74 Å². The van der Waals surface area contributed by atoms with E-state index in [4.69, 9.17) is 15.5 Å². The van der Waals surface area contributed by atoms with Gasteiger partial charge in [0.15, 0.2) is 0 Å². The lowest BCUT2D eigenvalue weighted by Crippen LogP contribution is -2.06. The van der Waals surface area contributed by atoms with Crippen LogP contribution in [-0.2, 0) is 19.5 Å². The molecule has 2 heterocycles. The fraction of sp³-hybridized carbons (Fsp3) is 0.357. The molecule has 0 unspecified atom stereocenters. The second kappa shape index (κ2) is 4.98. The first-order valence-electron chi connectivity index (χ1n) is 6.37. The molecular formula is C14H16BrN3O. The topological polar surface area (TPSA) is 53.1 Å². The monoisotopic (exact) mass is 321 g/mol. The Morgan fingerprint density at radius 1 is 1.47 bits per heavy atom. The van der Waals surface area contributed by atoms with Crippen molar-refractivity contribution in [3.8, 4) is 17.0 Å². The summed E-state index contributed by atoms with van der Waals surface area (Å²) in [5.41, 5.74) is 9.11. The number of hydrogen-bond acceptors (Lipinski definition) is 3. The average molecular weight is 322 g/mol. The molecule has 0 atom stereocenters. The van der Waals surface area contributed by atoms with Crippen molar-refractivity contribution in [2.75, 3.05) is 7.11 Å². The van der Waals surface area contributed by atoms with Gasteiger partial charge in [0, 0.05) is 22.3 Å². The summed E-state index contributed by atoms with van der Waals surface area (Å²) in [6.45, 7) is 1.49. The number of fused-ring (bicyclic) bond motifs is 1. The molecule has 100 valence electrons. The van der Waals surface area contributed by atoms with Crippen LogP contribution >= 0.6 is 15.9 Å². The zero-order valence-corrected chi connectivity index (χ0v) is 12.4. The molecule has 4 nitrogen and oxygen atoms in total. The SMILES string of the molecule is COc1ccc(Br)cc1-c1nc(CN)n2c1CCC2. The van der Waals surface area contributed by atoms with E-state index in [2.05, 4.69) is 26.6 Å². The van der Waals surface area contributed by atoms with Crippen LogP contribution in [0.5, 0.6) is 5.75 Å². The standard InChI is InChI=1S/C14H16BrN3O/c1-19-12-5-4-9(15)7-10(12)14-11-3-2-6-18(11)13(8-16)17-14/h4-5,7H,2-3,6,8,16H2,1H3. The molecule has 2 aromatic rings. The Morgan fingerprint density at radius 3 is 3.05 bits per heavy atom. The van der Waals surface area contributed by atoms with Crippen molar-refractivity contribution in [1.29, 1.82) is 0 Å². The number of methoxy groups -OCH3 is 1. The zero-order valence-electron chi connectivity index (χ0n) is 10.8. The van der Waals surface area contributed by atoms with Crippen molar-refractivity contribution in [2.45, 2.75) is 25.9 Å². The van der Waals surface area contributed by atoms with Crippen LogP contribution in [0.1, 0.15) is 17.9 Å².